The summed E-state index contributed by atoms with van der Waals surface area (Å²) in [6, 6.07) is 21.3. The van der Waals surface area contributed by atoms with Gasteiger partial charge in [-0.2, -0.15) is 5.10 Å². The molecule has 0 unspecified atom stereocenters. The van der Waals surface area contributed by atoms with Crippen molar-refractivity contribution in [2.45, 2.75) is 25.8 Å². The van der Waals surface area contributed by atoms with E-state index in [2.05, 4.69) is 93.3 Å². The number of benzene rings is 2. The number of hydrogen-bond donors (Lipinski definition) is 2. The van der Waals surface area contributed by atoms with E-state index in [0.29, 0.717) is 12.5 Å². The first kappa shape index (κ1) is 22.9. The fourth-order valence-electron chi connectivity index (χ4n) is 3.19. The minimum absolute atomic E-state index is 0. The summed E-state index contributed by atoms with van der Waals surface area (Å²) in [6.07, 6.45) is 2.53. The number of halogens is 1. The van der Waals surface area contributed by atoms with Crippen LogP contribution in [-0.2, 0) is 13.6 Å². The first-order valence-corrected chi connectivity index (χ1v) is 9.73. The lowest BCUT2D eigenvalue weighted by Crippen LogP contribution is -2.38. The summed E-state index contributed by atoms with van der Waals surface area (Å²) in [5, 5.41) is 10.8. The Hall–Kier alpha value is -2.42. The Morgan fingerprint density at radius 3 is 2.14 bits per heavy atom. The second-order valence-electron chi connectivity index (χ2n) is 6.58. The van der Waals surface area contributed by atoms with Gasteiger partial charge in [-0.15, -0.1) is 24.0 Å². The number of hydrogen-bond acceptors (Lipinski definition) is 3. The zero-order chi connectivity index (χ0) is 19.6. The summed E-state index contributed by atoms with van der Waals surface area (Å²) < 4.78 is 1.74. The molecule has 0 spiro atoms. The molecule has 29 heavy (non-hydrogen) atoms. The zero-order valence-corrected chi connectivity index (χ0v) is 19.3. The van der Waals surface area contributed by atoms with Crippen LogP contribution < -0.4 is 10.6 Å². The van der Waals surface area contributed by atoms with Gasteiger partial charge in [0, 0.05) is 26.1 Å². The Morgan fingerprint density at radius 2 is 1.62 bits per heavy atom. The smallest absolute Gasteiger partial charge is 0.191 e. The molecule has 3 rings (SSSR count). The van der Waals surface area contributed by atoms with Gasteiger partial charge in [0.1, 0.15) is 18.7 Å². The van der Waals surface area contributed by atoms with Gasteiger partial charge in [-0.05, 0) is 24.5 Å². The highest BCUT2D eigenvalue weighted by molar-refractivity contribution is 14.0. The number of guanidine groups is 1. The molecule has 0 atom stereocenters. The van der Waals surface area contributed by atoms with Crippen LogP contribution in [0.4, 0.5) is 0 Å². The fourth-order valence-corrected chi connectivity index (χ4v) is 3.19. The predicted octanol–water partition coefficient (Wildman–Crippen LogP) is 3.71. The molecule has 1 heterocycles. The summed E-state index contributed by atoms with van der Waals surface area (Å²) in [5.74, 6) is 1.98. The van der Waals surface area contributed by atoms with E-state index >= 15 is 0 Å². The molecule has 0 saturated heterocycles. The van der Waals surface area contributed by atoms with Crippen LogP contribution in [-0.4, -0.2) is 33.8 Å². The molecule has 1 aromatic heterocycles. The van der Waals surface area contributed by atoms with Gasteiger partial charge in [-0.3, -0.25) is 4.68 Å². The molecular formula is C22H29IN6. The van der Waals surface area contributed by atoms with Crippen LogP contribution >= 0.6 is 24.0 Å². The van der Waals surface area contributed by atoms with E-state index < -0.39 is 0 Å². The first-order valence-electron chi connectivity index (χ1n) is 9.73. The van der Waals surface area contributed by atoms with E-state index in [1.807, 2.05) is 7.05 Å². The summed E-state index contributed by atoms with van der Waals surface area (Å²) >= 11 is 0. The SMILES string of the molecule is CCNC(=NCc1ncnn1C)NCCC(c1ccccc1)c1ccccc1.I. The Morgan fingerprint density at radius 1 is 1.00 bits per heavy atom. The van der Waals surface area contributed by atoms with E-state index in [9.17, 15) is 0 Å². The van der Waals surface area contributed by atoms with Crippen LogP contribution in [0.3, 0.4) is 0 Å². The molecule has 2 N–H and O–H groups in total. The molecule has 154 valence electrons. The molecule has 0 aliphatic heterocycles. The van der Waals surface area contributed by atoms with Crippen molar-refractivity contribution in [1.29, 1.82) is 0 Å². The number of aliphatic imine (C=N–C) groups is 1. The van der Waals surface area contributed by atoms with Crippen molar-refractivity contribution >= 4 is 29.9 Å². The topological polar surface area (TPSA) is 67.1 Å². The first-order chi connectivity index (χ1) is 13.8. The summed E-state index contributed by atoms with van der Waals surface area (Å²) in [6.45, 7) is 4.19. The van der Waals surface area contributed by atoms with Crippen LogP contribution in [0.5, 0.6) is 0 Å². The maximum atomic E-state index is 4.63. The number of aromatic nitrogens is 3. The van der Waals surface area contributed by atoms with Crippen molar-refractivity contribution in [1.82, 2.24) is 25.4 Å². The number of aryl methyl sites for hydroxylation is 1. The number of nitrogens with zero attached hydrogens (tertiary/aromatic N) is 4. The van der Waals surface area contributed by atoms with Crippen LogP contribution in [0.15, 0.2) is 72.0 Å². The van der Waals surface area contributed by atoms with E-state index in [1.54, 1.807) is 11.0 Å². The molecule has 2 aromatic carbocycles. The molecule has 0 radical (unpaired) electrons. The Bertz CT molecular complexity index is 824. The van der Waals surface area contributed by atoms with Gasteiger partial charge in [0.2, 0.25) is 0 Å². The molecular weight excluding hydrogens is 475 g/mol. The molecule has 6 nitrogen and oxygen atoms in total. The molecule has 0 aliphatic rings. The predicted molar refractivity (Wildman–Crippen MR) is 129 cm³/mol. The third-order valence-corrected chi connectivity index (χ3v) is 4.66. The monoisotopic (exact) mass is 504 g/mol. The van der Waals surface area contributed by atoms with Crippen molar-refractivity contribution in [3.8, 4) is 0 Å². The van der Waals surface area contributed by atoms with Crippen molar-refractivity contribution in [2.24, 2.45) is 12.0 Å². The van der Waals surface area contributed by atoms with E-state index in [4.69, 9.17) is 0 Å². The van der Waals surface area contributed by atoms with Gasteiger partial charge in [-0.25, -0.2) is 9.98 Å². The van der Waals surface area contributed by atoms with Crippen LogP contribution in [0, 0.1) is 0 Å². The lowest BCUT2D eigenvalue weighted by atomic mass is 9.88. The molecule has 0 saturated carbocycles. The summed E-state index contributed by atoms with van der Waals surface area (Å²) in [5.41, 5.74) is 2.66. The molecule has 0 amide bonds. The number of rotatable bonds is 8. The molecule has 3 aromatic rings. The average Bonchev–Trinajstić information content (AvgIpc) is 3.15. The van der Waals surface area contributed by atoms with Crippen molar-refractivity contribution in [2.75, 3.05) is 13.1 Å². The third-order valence-electron chi connectivity index (χ3n) is 4.66. The largest absolute Gasteiger partial charge is 0.357 e. The van der Waals surface area contributed by atoms with Gasteiger partial charge in [0.05, 0.1) is 0 Å². The van der Waals surface area contributed by atoms with Crippen molar-refractivity contribution < 1.29 is 0 Å². The maximum Gasteiger partial charge on any atom is 0.191 e. The maximum absolute atomic E-state index is 4.63. The van der Waals surface area contributed by atoms with E-state index in [-0.39, 0.29) is 24.0 Å². The summed E-state index contributed by atoms with van der Waals surface area (Å²) in [7, 11) is 1.88. The van der Waals surface area contributed by atoms with Gasteiger partial charge in [0.15, 0.2) is 5.96 Å². The fraction of sp³-hybridized carbons (Fsp3) is 0.318. The lowest BCUT2D eigenvalue weighted by Gasteiger charge is -2.19. The summed E-state index contributed by atoms with van der Waals surface area (Å²) in [4.78, 5) is 8.86. The van der Waals surface area contributed by atoms with E-state index in [0.717, 1.165) is 31.3 Å². The minimum Gasteiger partial charge on any atom is -0.357 e. The van der Waals surface area contributed by atoms with Crippen LogP contribution in [0.25, 0.3) is 0 Å². The van der Waals surface area contributed by atoms with Crippen molar-refractivity contribution in [3.05, 3.63) is 83.9 Å². The Kier molecular flexibility index (Phi) is 9.63. The van der Waals surface area contributed by atoms with Crippen molar-refractivity contribution in [3.63, 3.8) is 0 Å². The highest BCUT2D eigenvalue weighted by atomic mass is 127. The standard InChI is InChI=1S/C22H28N6.HI/c1-3-23-22(25-16-21-26-17-27-28(21)2)24-15-14-20(18-10-6-4-7-11-18)19-12-8-5-9-13-19;/h4-13,17,20H,3,14-16H2,1-2H3,(H2,23,24,25);1H. The van der Waals surface area contributed by atoms with Gasteiger partial charge in [0.25, 0.3) is 0 Å². The second kappa shape index (κ2) is 12.2. The Labute approximate surface area is 189 Å². The average molecular weight is 504 g/mol. The number of nitrogens with one attached hydrogen (secondary N) is 2. The van der Waals surface area contributed by atoms with Gasteiger partial charge < -0.3 is 10.6 Å². The second-order valence-corrected chi connectivity index (χ2v) is 6.58. The zero-order valence-electron chi connectivity index (χ0n) is 17.0. The molecule has 0 bridgehead atoms. The highest BCUT2D eigenvalue weighted by Gasteiger charge is 2.13. The van der Waals surface area contributed by atoms with E-state index in [1.165, 1.54) is 11.1 Å². The molecule has 0 fully saturated rings. The van der Waals surface area contributed by atoms with Crippen LogP contribution in [0.2, 0.25) is 0 Å². The molecule has 7 heteroatoms. The van der Waals surface area contributed by atoms with Gasteiger partial charge >= 0.3 is 0 Å². The third kappa shape index (κ3) is 6.85. The van der Waals surface area contributed by atoms with Crippen LogP contribution in [0.1, 0.15) is 36.2 Å². The Balaban J connectivity index is 0.00000300. The minimum atomic E-state index is 0. The quantitative estimate of drug-likeness (QED) is 0.279. The highest BCUT2D eigenvalue weighted by Crippen LogP contribution is 2.27. The van der Waals surface area contributed by atoms with Gasteiger partial charge in [-0.1, -0.05) is 60.7 Å². The normalized spacial score (nSPS) is 11.2. The molecule has 0 aliphatic carbocycles. The lowest BCUT2D eigenvalue weighted by molar-refractivity contribution is 0.672.